The van der Waals surface area contributed by atoms with Crippen molar-refractivity contribution in [2.24, 2.45) is 5.92 Å². The summed E-state index contributed by atoms with van der Waals surface area (Å²) in [5.41, 5.74) is 2.30. The van der Waals surface area contributed by atoms with E-state index in [4.69, 9.17) is 4.74 Å². The first kappa shape index (κ1) is 16.8. The zero-order valence-electron chi connectivity index (χ0n) is 13.6. The summed E-state index contributed by atoms with van der Waals surface area (Å²) in [4.78, 5) is 11.8. The van der Waals surface area contributed by atoms with E-state index in [1.165, 1.54) is 5.56 Å². The van der Waals surface area contributed by atoms with Gasteiger partial charge < -0.3 is 15.2 Å². The Morgan fingerprint density at radius 2 is 2.18 bits per heavy atom. The molecule has 0 heterocycles. The van der Waals surface area contributed by atoms with E-state index < -0.39 is 0 Å². The van der Waals surface area contributed by atoms with Gasteiger partial charge in [0.15, 0.2) is 0 Å². The number of aliphatic hydroxyl groups excluding tert-OH is 1. The van der Waals surface area contributed by atoms with Crippen LogP contribution in [0.2, 0.25) is 0 Å². The summed E-state index contributed by atoms with van der Waals surface area (Å²) in [6, 6.07) is 6.03. The second-order valence-electron chi connectivity index (χ2n) is 6.36. The molecule has 1 aromatic carbocycles. The number of aryl methyl sites for hydroxylation is 2. The third-order valence-corrected chi connectivity index (χ3v) is 4.26. The van der Waals surface area contributed by atoms with Crippen LogP contribution >= 0.6 is 0 Å². The summed E-state index contributed by atoms with van der Waals surface area (Å²) in [5, 5.41) is 12.6. The van der Waals surface area contributed by atoms with Crippen molar-refractivity contribution in [1.29, 1.82) is 0 Å². The largest absolute Gasteiger partial charge is 0.493 e. The molecule has 2 atom stereocenters. The van der Waals surface area contributed by atoms with E-state index in [-0.39, 0.29) is 12.0 Å². The van der Waals surface area contributed by atoms with Gasteiger partial charge in [0, 0.05) is 6.54 Å². The number of hydrogen-bond acceptors (Lipinski definition) is 3. The van der Waals surface area contributed by atoms with Gasteiger partial charge in [-0.1, -0.05) is 24.1 Å². The van der Waals surface area contributed by atoms with Crippen LogP contribution in [0.15, 0.2) is 18.2 Å². The predicted octanol–water partition coefficient (Wildman–Crippen LogP) is 2.74. The lowest BCUT2D eigenvalue weighted by molar-refractivity contribution is -0.121. The van der Waals surface area contributed by atoms with Crippen molar-refractivity contribution < 1.29 is 14.6 Å². The summed E-state index contributed by atoms with van der Waals surface area (Å²) in [6.07, 6.45) is 4.02. The van der Waals surface area contributed by atoms with Crippen LogP contribution in [0, 0.1) is 19.8 Å². The van der Waals surface area contributed by atoms with Crippen LogP contribution in [-0.2, 0) is 4.79 Å². The second kappa shape index (κ2) is 8.18. The van der Waals surface area contributed by atoms with Gasteiger partial charge in [0.2, 0.25) is 5.91 Å². The summed E-state index contributed by atoms with van der Waals surface area (Å²) < 4.78 is 5.67. The molecular weight excluding hydrogens is 278 g/mol. The Bertz CT molecular complexity index is 501. The fourth-order valence-electron chi connectivity index (χ4n) is 3.01. The van der Waals surface area contributed by atoms with Gasteiger partial charge in [-0.3, -0.25) is 4.79 Å². The Kier molecular flexibility index (Phi) is 6.25. The van der Waals surface area contributed by atoms with Gasteiger partial charge in [0.1, 0.15) is 5.75 Å². The molecule has 0 aliphatic heterocycles. The first-order valence-corrected chi connectivity index (χ1v) is 8.19. The number of hydrogen-bond donors (Lipinski definition) is 2. The van der Waals surface area contributed by atoms with Crippen LogP contribution in [0.4, 0.5) is 0 Å². The Morgan fingerprint density at radius 3 is 2.91 bits per heavy atom. The number of aliphatic hydroxyl groups is 1. The summed E-state index contributed by atoms with van der Waals surface area (Å²) in [5.74, 6) is 1.27. The summed E-state index contributed by atoms with van der Waals surface area (Å²) >= 11 is 0. The lowest BCUT2D eigenvalue weighted by atomic mass is 9.87. The number of amides is 1. The number of rotatable bonds is 6. The van der Waals surface area contributed by atoms with Gasteiger partial charge in [-0.25, -0.2) is 0 Å². The SMILES string of the molecule is Cc1ccc(OCCC(=O)NCC2CCCC(O)C2)c(C)c1. The lowest BCUT2D eigenvalue weighted by Crippen LogP contribution is -2.33. The average molecular weight is 305 g/mol. The molecule has 1 aliphatic carbocycles. The summed E-state index contributed by atoms with van der Waals surface area (Å²) in [6.45, 7) is 5.12. The Morgan fingerprint density at radius 1 is 1.36 bits per heavy atom. The molecule has 1 aliphatic rings. The topological polar surface area (TPSA) is 58.6 Å². The van der Waals surface area contributed by atoms with E-state index in [1.54, 1.807) is 0 Å². The highest BCUT2D eigenvalue weighted by Gasteiger charge is 2.20. The van der Waals surface area contributed by atoms with Gasteiger partial charge in [0.05, 0.1) is 19.1 Å². The van der Waals surface area contributed by atoms with Gasteiger partial charge >= 0.3 is 0 Å². The summed E-state index contributed by atoms with van der Waals surface area (Å²) in [7, 11) is 0. The zero-order valence-corrected chi connectivity index (χ0v) is 13.6. The maximum absolute atomic E-state index is 11.8. The van der Waals surface area contributed by atoms with Crippen molar-refractivity contribution in [2.75, 3.05) is 13.2 Å². The molecule has 0 aromatic heterocycles. The van der Waals surface area contributed by atoms with Gasteiger partial charge in [0.25, 0.3) is 0 Å². The minimum absolute atomic E-state index is 0.0184. The number of ether oxygens (including phenoxy) is 1. The Hall–Kier alpha value is -1.55. The molecule has 0 saturated heterocycles. The molecule has 0 bridgehead atoms. The van der Waals surface area contributed by atoms with Gasteiger partial charge in [-0.05, 0) is 50.7 Å². The predicted molar refractivity (Wildman–Crippen MR) is 87.0 cm³/mol. The molecule has 0 radical (unpaired) electrons. The van der Waals surface area contributed by atoms with E-state index in [2.05, 4.69) is 11.4 Å². The minimum atomic E-state index is -0.191. The molecule has 2 rings (SSSR count). The van der Waals surface area contributed by atoms with E-state index in [0.29, 0.717) is 25.5 Å². The lowest BCUT2D eigenvalue weighted by Gasteiger charge is -2.25. The molecule has 4 nitrogen and oxygen atoms in total. The Labute approximate surface area is 132 Å². The van der Waals surface area contributed by atoms with Crippen molar-refractivity contribution in [3.63, 3.8) is 0 Å². The van der Waals surface area contributed by atoms with Crippen LogP contribution in [-0.4, -0.2) is 30.3 Å². The molecule has 2 N–H and O–H groups in total. The van der Waals surface area contributed by atoms with Crippen LogP contribution in [0.25, 0.3) is 0 Å². The molecule has 0 spiro atoms. The van der Waals surface area contributed by atoms with Crippen molar-refractivity contribution in [3.05, 3.63) is 29.3 Å². The highest BCUT2D eigenvalue weighted by Crippen LogP contribution is 2.23. The first-order chi connectivity index (χ1) is 10.5. The number of nitrogens with one attached hydrogen (secondary N) is 1. The van der Waals surface area contributed by atoms with E-state index in [0.717, 1.165) is 37.0 Å². The van der Waals surface area contributed by atoms with Crippen LogP contribution in [0.3, 0.4) is 0 Å². The molecule has 2 unspecified atom stereocenters. The molecule has 4 heteroatoms. The second-order valence-corrected chi connectivity index (χ2v) is 6.36. The average Bonchev–Trinajstić information content (AvgIpc) is 2.47. The number of carbonyl (C=O) groups excluding carboxylic acids is 1. The third kappa shape index (κ3) is 5.34. The normalized spacial score (nSPS) is 21.4. The Balaban J connectivity index is 1.65. The van der Waals surface area contributed by atoms with E-state index in [9.17, 15) is 9.90 Å². The molecule has 1 saturated carbocycles. The van der Waals surface area contributed by atoms with Gasteiger partial charge in [-0.15, -0.1) is 0 Å². The highest BCUT2D eigenvalue weighted by atomic mass is 16.5. The molecular formula is C18H27NO3. The van der Waals surface area contributed by atoms with Crippen molar-refractivity contribution in [1.82, 2.24) is 5.32 Å². The highest BCUT2D eigenvalue weighted by molar-refractivity contribution is 5.75. The molecule has 1 amide bonds. The minimum Gasteiger partial charge on any atom is -0.493 e. The zero-order chi connectivity index (χ0) is 15.9. The van der Waals surface area contributed by atoms with Crippen LogP contribution < -0.4 is 10.1 Å². The van der Waals surface area contributed by atoms with Gasteiger partial charge in [-0.2, -0.15) is 0 Å². The number of benzene rings is 1. The maximum atomic E-state index is 11.8. The monoisotopic (exact) mass is 305 g/mol. The molecule has 1 aromatic rings. The maximum Gasteiger partial charge on any atom is 0.223 e. The number of carbonyl (C=O) groups is 1. The van der Waals surface area contributed by atoms with Crippen molar-refractivity contribution in [3.8, 4) is 5.75 Å². The molecule has 1 fully saturated rings. The van der Waals surface area contributed by atoms with E-state index in [1.807, 2.05) is 26.0 Å². The molecule has 122 valence electrons. The molecule has 22 heavy (non-hydrogen) atoms. The van der Waals surface area contributed by atoms with Crippen molar-refractivity contribution in [2.45, 2.75) is 52.1 Å². The van der Waals surface area contributed by atoms with Crippen molar-refractivity contribution >= 4 is 5.91 Å². The van der Waals surface area contributed by atoms with Crippen LogP contribution in [0.5, 0.6) is 5.75 Å². The quantitative estimate of drug-likeness (QED) is 0.849. The van der Waals surface area contributed by atoms with Crippen LogP contribution in [0.1, 0.15) is 43.2 Å². The fourth-order valence-corrected chi connectivity index (χ4v) is 3.01. The smallest absolute Gasteiger partial charge is 0.223 e. The van der Waals surface area contributed by atoms with E-state index >= 15 is 0 Å². The third-order valence-electron chi connectivity index (χ3n) is 4.26. The first-order valence-electron chi connectivity index (χ1n) is 8.19. The standard InChI is InChI=1S/C18H27NO3/c1-13-6-7-17(14(2)10-13)22-9-8-18(21)19-12-15-4-3-5-16(20)11-15/h6-7,10,15-16,20H,3-5,8-9,11-12H2,1-2H3,(H,19,21). The fraction of sp³-hybridized carbons (Fsp3) is 0.611.